The molecule has 19 heavy (non-hydrogen) atoms. The van der Waals surface area contributed by atoms with Crippen molar-refractivity contribution in [1.82, 2.24) is 9.80 Å². The first kappa shape index (κ1) is 15.3. The lowest BCUT2D eigenvalue weighted by molar-refractivity contribution is 0.0109. The highest BCUT2D eigenvalue weighted by Crippen LogP contribution is 2.25. The maximum atomic E-state index is 11.7. The van der Waals surface area contributed by atoms with Crippen molar-refractivity contribution in [2.24, 2.45) is 0 Å². The Bertz CT molecular complexity index is 383. The molecular formula is C14H28N2O2S. The molecular weight excluding hydrogens is 260 g/mol. The molecule has 2 fully saturated rings. The minimum absolute atomic E-state index is 0.271. The summed E-state index contributed by atoms with van der Waals surface area (Å²) in [5, 5.41) is 0. The van der Waals surface area contributed by atoms with Gasteiger partial charge in [-0.2, -0.15) is 0 Å². The maximum Gasteiger partial charge on any atom is 0.151 e. The third-order valence-electron chi connectivity index (χ3n) is 4.76. The van der Waals surface area contributed by atoms with Crippen LogP contribution in [0.4, 0.5) is 0 Å². The van der Waals surface area contributed by atoms with Crippen LogP contribution in [-0.4, -0.2) is 68.0 Å². The summed E-state index contributed by atoms with van der Waals surface area (Å²) >= 11 is 0. The molecule has 2 saturated heterocycles. The van der Waals surface area contributed by atoms with E-state index in [1.54, 1.807) is 6.92 Å². The Balaban J connectivity index is 1.94. The van der Waals surface area contributed by atoms with Crippen LogP contribution in [-0.2, 0) is 9.84 Å². The van der Waals surface area contributed by atoms with Crippen molar-refractivity contribution in [2.75, 3.05) is 37.7 Å². The van der Waals surface area contributed by atoms with Crippen LogP contribution in [0.1, 0.15) is 39.5 Å². The smallest absolute Gasteiger partial charge is 0.151 e. The van der Waals surface area contributed by atoms with Crippen LogP contribution >= 0.6 is 0 Å². The number of piperazine rings is 1. The average Bonchev–Trinajstić information content (AvgIpc) is 2.44. The highest BCUT2D eigenvalue weighted by atomic mass is 32.2. The first-order chi connectivity index (χ1) is 9.05. The lowest BCUT2D eigenvalue weighted by Crippen LogP contribution is -2.59. The van der Waals surface area contributed by atoms with Gasteiger partial charge in [0.15, 0.2) is 9.84 Å². The molecule has 2 aliphatic heterocycles. The predicted octanol–water partition coefficient (Wildman–Crippen LogP) is 1.37. The summed E-state index contributed by atoms with van der Waals surface area (Å²) in [6.45, 7) is 8.12. The monoisotopic (exact) mass is 288 g/mol. The number of sulfone groups is 1. The SMILES string of the molecule is CCC1CN2CCCCC2CN1CCS(=O)(=O)CC. The fourth-order valence-corrected chi connectivity index (χ4v) is 4.18. The van der Waals surface area contributed by atoms with Gasteiger partial charge in [0.25, 0.3) is 0 Å². The van der Waals surface area contributed by atoms with Gasteiger partial charge in [-0.15, -0.1) is 0 Å². The molecule has 2 heterocycles. The molecule has 4 nitrogen and oxygen atoms in total. The van der Waals surface area contributed by atoms with Gasteiger partial charge in [-0.05, 0) is 25.8 Å². The molecule has 2 rings (SSSR count). The van der Waals surface area contributed by atoms with Crippen LogP contribution in [0.3, 0.4) is 0 Å². The maximum absolute atomic E-state index is 11.7. The highest BCUT2D eigenvalue weighted by Gasteiger charge is 2.34. The van der Waals surface area contributed by atoms with Crippen molar-refractivity contribution >= 4 is 9.84 Å². The summed E-state index contributed by atoms with van der Waals surface area (Å²) in [7, 11) is -2.84. The zero-order valence-electron chi connectivity index (χ0n) is 12.3. The molecule has 0 aliphatic carbocycles. The Morgan fingerprint density at radius 3 is 2.63 bits per heavy atom. The topological polar surface area (TPSA) is 40.6 Å². The average molecular weight is 288 g/mol. The Labute approximate surface area is 118 Å². The van der Waals surface area contributed by atoms with Gasteiger partial charge < -0.3 is 0 Å². The van der Waals surface area contributed by atoms with E-state index >= 15 is 0 Å². The van der Waals surface area contributed by atoms with Crippen LogP contribution in [0.15, 0.2) is 0 Å². The minimum Gasteiger partial charge on any atom is -0.298 e. The van der Waals surface area contributed by atoms with E-state index in [0.717, 1.165) is 26.1 Å². The third-order valence-corrected chi connectivity index (χ3v) is 6.44. The lowest BCUT2D eigenvalue weighted by atomic mass is 9.96. The van der Waals surface area contributed by atoms with Crippen molar-refractivity contribution in [3.8, 4) is 0 Å². The molecule has 0 saturated carbocycles. The molecule has 0 aromatic heterocycles. The third kappa shape index (κ3) is 3.92. The Kier molecular flexibility index (Phi) is 5.26. The zero-order chi connectivity index (χ0) is 13.9. The van der Waals surface area contributed by atoms with Crippen LogP contribution in [0.5, 0.6) is 0 Å². The predicted molar refractivity (Wildman–Crippen MR) is 79.2 cm³/mol. The molecule has 0 bridgehead atoms. The van der Waals surface area contributed by atoms with E-state index in [4.69, 9.17) is 0 Å². The number of hydrogen-bond acceptors (Lipinski definition) is 4. The minimum atomic E-state index is -2.84. The van der Waals surface area contributed by atoms with Crippen LogP contribution < -0.4 is 0 Å². The fourth-order valence-electron chi connectivity index (χ4n) is 3.37. The fraction of sp³-hybridized carbons (Fsp3) is 1.00. The van der Waals surface area contributed by atoms with Crippen LogP contribution in [0.2, 0.25) is 0 Å². The lowest BCUT2D eigenvalue weighted by Gasteiger charge is -2.48. The Morgan fingerprint density at radius 2 is 1.95 bits per heavy atom. The molecule has 2 atom stereocenters. The molecule has 0 amide bonds. The number of nitrogens with zero attached hydrogens (tertiary/aromatic N) is 2. The highest BCUT2D eigenvalue weighted by molar-refractivity contribution is 7.91. The van der Waals surface area contributed by atoms with Gasteiger partial charge in [0, 0.05) is 37.5 Å². The normalized spacial score (nSPS) is 30.2. The van der Waals surface area contributed by atoms with Gasteiger partial charge in [0.2, 0.25) is 0 Å². The number of hydrogen-bond donors (Lipinski definition) is 0. The largest absolute Gasteiger partial charge is 0.298 e. The van der Waals surface area contributed by atoms with Gasteiger partial charge in [0.1, 0.15) is 0 Å². The summed E-state index contributed by atoms with van der Waals surface area (Å²) in [6.07, 6.45) is 5.07. The standard InChI is InChI=1S/C14H28N2O2S/c1-3-13-11-15-8-6-5-7-14(15)12-16(13)9-10-19(17,18)4-2/h13-14H,3-12H2,1-2H3. The quantitative estimate of drug-likeness (QED) is 0.766. The second-order valence-corrected chi connectivity index (χ2v) is 8.41. The van der Waals surface area contributed by atoms with Crippen LogP contribution in [0, 0.1) is 0 Å². The van der Waals surface area contributed by atoms with Gasteiger partial charge in [-0.25, -0.2) is 8.42 Å². The van der Waals surface area contributed by atoms with Gasteiger partial charge >= 0.3 is 0 Å². The summed E-state index contributed by atoms with van der Waals surface area (Å²) in [6, 6.07) is 1.21. The number of fused-ring (bicyclic) bond motifs is 1. The molecule has 112 valence electrons. The first-order valence-electron chi connectivity index (χ1n) is 7.74. The molecule has 0 N–H and O–H groups in total. The van der Waals surface area contributed by atoms with Crippen LogP contribution in [0.25, 0.3) is 0 Å². The molecule has 0 aromatic rings. The second kappa shape index (κ2) is 6.55. The molecule has 0 radical (unpaired) electrons. The Hall–Kier alpha value is -0.130. The van der Waals surface area contributed by atoms with Crippen molar-refractivity contribution in [2.45, 2.75) is 51.6 Å². The summed E-state index contributed by atoms with van der Waals surface area (Å²) in [5.41, 5.74) is 0. The molecule has 0 aromatic carbocycles. The van der Waals surface area contributed by atoms with E-state index in [1.807, 2.05) is 0 Å². The van der Waals surface area contributed by atoms with Crippen molar-refractivity contribution in [1.29, 1.82) is 0 Å². The van der Waals surface area contributed by atoms with E-state index in [-0.39, 0.29) is 5.75 Å². The van der Waals surface area contributed by atoms with E-state index in [9.17, 15) is 8.42 Å². The first-order valence-corrected chi connectivity index (χ1v) is 9.56. The summed E-state index contributed by atoms with van der Waals surface area (Å²) in [5.74, 6) is 0.597. The van der Waals surface area contributed by atoms with E-state index in [2.05, 4.69) is 16.7 Å². The molecule has 5 heteroatoms. The van der Waals surface area contributed by atoms with Crippen molar-refractivity contribution < 1.29 is 8.42 Å². The van der Waals surface area contributed by atoms with Gasteiger partial charge in [-0.3, -0.25) is 9.80 Å². The molecule has 2 aliphatic rings. The second-order valence-electron chi connectivity index (χ2n) is 5.94. The van der Waals surface area contributed by atoms with E-state index < -0.39 is 9.84 Å². The molecule has 2 unspecified atom stereocenters. The summed E-state index contributed by atoms with van der Waals surface area (Å²) < 4.78 is 23.4. The molecule has 0 spiro atoms. The van der Waals surface area contributed by atoms with E-state index in [1.165, 1.54) is 25.8 Å². The van der Waals surface area contributed by atoms with Gasteiger partial charge in [0.05, 0.1) is 5.75 Å². The van der Waals surface area contributed by atoms with Crippen molar-refractivity contribution in [3.63, 3.8) is 0 Å². The van der Waals surface area contributed by atoms with E-state index in [0.29, 0.717) is 17.8 Å². The van der Waals surface area contributed by atoms with Gasteiger partial charge in [-0.1, -0.05) is 20.3 Å². The number of rotatable bonds is 5. The number of piperidine rings is 1. The Morgan fingerprint density at radius 1 is 1.16 bits per heavy atom. The summed E-state index contributed by atoms with van der Waals surface area (Å²) in [4.78, 5) is 5.06. The zero-order valence-corrected chi connectivity index (χ0v) is 13.2. The van der Waals surface area contributed by atoms with Crippen molar-refractivity contribution in [3.05, 3.63) is 0 Å².